The SMILES string of the molecule is CC(C)C1CCC[C@@]2(c3ccccc3Cl)CC12. The van der Waals surface area contributed by atoms with Crippen LogP contribution in [0.1, 0.15) is 45.1 Å². The van der Waals surface area contributed by atoms with Crippen molar-refractivity contribution < 1.29 is 0 Å². The average Bonchev–Trinajstić information content (AvgIpc) is 3.04. The molecular formula is C16H21Cl. The number of halogens is 1. The van der Waals surface area contributed by atoms with Crippen molar-refractivity contribution in [2.75, 3.05) is 0 Å². The molecule has 0 amide bonds. The first-order valence-corrected chi connectivity index (χ1v) is 7.28. The molecule has 92 valence electrons. The minimum Gasteiger partial charge on any atom is -0.0840 e. The topological polar surface area (TPSA) is 0 Å². The molecule has 0 aromatic heterocycles. The molecule has 1 heteroatoms. The first-order chi connectivity index (χ1) is 8.15. The molecule has 0 N–H and O–H groups in total. The van der Waals surface area contributed by atoms with Crippen LogP contribution in [-0.4, -0.2) is 0 Å². The minimum atomic E-state index is 0.450. The van der Waals surface area contributed by atoms with Gasteiger partial charge >= 0.3 is 0 Å². The molecule has 0 nitrogen and oxygen atoms in total. The maximum absolute atomic E-state index is 6.40. The predicted molar refractivity (Wildman–Crippen MR) is 73.4 cm³/mol. The lowest BCUT2D eigenvalue weighted by atomic mass is 9.74. The van der Waals surface area contributed by atoms with E-state index in [0.717, 1.165) is 22.8 Å². The van der Waals surface area contributed by atoms with Gasteiger partial charge in [0.2, 0.25) is 0 Å². The standard InChI is InChI=1S/C16H21Cl/c1-11(2)12-6-5-9-16(10-14(12)16)13-7-3-4-8-15(13)17/h3-4,7-8,11-12,14H,5-6,9-10H2,1-2H3/t12?,14?,16-/m0/s1. The van der Waals surface area contributed by atoms with E-state index in [2.05, 4.69) is 32.0 Å². The third-order valence-corrected chi connectivity index (χ3v) is 5.41. The maximum Gasteiger partial charge on any atom is 0.0443 e. The summed E-state index contributed by atoms with van der Waals surface area (Å²) in [4.78, 5) is 0. The number of benzene rings is 1. The molecule has 1 aromatic carbocycles. The van der Waals surface area contributed by atoms with Crippen LogP contribution in [0, 0.1) is 17.8 Å². The molecule has 3 atom stereocenters. The Bertz CT molecular complexity index is 423. The fraction of sp³-hybridized carbons (Fsp3) is 0.625. The van der Waals surface area contributed by atoms with Crippen LogP contribution in [-0.2, 0) is 5.41 Å². The molecule has 2 unspecified atom stereocenters. The molecule has 1 aromatic rings. The Morgan fingerprint density at radius 3 is 2.76 bits per heavy atom. The second-order valence-electron chi connectivity index (χ2n) is 6.25. The summed E-state index contributed by atoms with van der Waals surface area (Å²) in [6.07, 6.45) is 5.53. The Morgan fingerprint density at radius 1 is 1.29 bits per heavy atom. The van der Waals surface area contributed by atoms with Crippen molar-refractivity contribution in [3.63, 3.8) is 0 Å². The highest BCUT2D eigenvalue weighted by Crippen LogP contribution is 2.66. The van der Waals surface area contributed by atoms with Crippen molar-refractivity contribution >= 4 is 11.6 Å². The summed E-state index contributed by atoms with van der Waals surface area (Å²) in [6.45, 7) is 4.76. The van der Waals surface area contributed by atoms with E-state index in [9.17, 15) is 0 Å². The van der Waals surface area contributed by atoms with Gasteiger partial charge in [-0.2, -0.15) is 0 Å². The Labute approximate surface area is 109 Å². The van der Waals surface area contributed by atoms with Crippen molar-refractivity contribution in [1.82, 2.24) is 0 Å². The van der Waals surface area contributed by atoms with E-state index in [1.165, 1.54) is 31.2 Å². The molecule has 2 aliphatic carbocycles. The molecule has 17 heavy (non-hydrogen) atoms. The van der Waals surface area contributed by atoms with Crippen molar-refractivity contribution in [3.05, 3.63) is 34.9 Å². The second-order valence-corrected chi connectivity index (χ2v) is 6.65. The van der Waals surface area contributed by atoms with Crippen LogP contribution in [0.2, 0.25) is 5.02 Å². The number of hydrogen-bond donors (Lipinski definition) is 0. The van der Waals surface area contributed by atoms with Gasteiger partial charge in [-0.25, -0.2) is 0 Å². The molecule has 0 heterocycles. The molecule has 2 saturated carbocycles. The van der Waals surface area contributed by atoms with Crippen molar-refractivity contribution in [2.24, 2.45) is 17.8 Å². The molecule has 2 aliphatic rings. The summed E-state index contributed by atoms with van der Waals surface area (Å²) in [5.41, 5.74) is 1.88. The van der Waals surface area contributed by atoms with Gasteiger partial charge in [-0.15, -0.1) is 0 Å². The molecule has 0 aliphatic heterocycles. The summed E-state index contributed by atoms with van der Waals surface area (Å²) in [5.74, 6) is 2.64. The second kappa shape index (κ2) is 4.02. The average molecular weight is 249 g/mol. The van der Waals surface area contributed by atoms with E-state index in [-0.39, 0.29) is 0 Å². The molecule has 3 rings (SSSR count). The Kier molecular flexibility index (Phi) is 2.74. The van der Waals surface area contributed by atoms with E-state index >= 15 is 0 Å². The molecule has 0 radical (unpaired) electrons. The fourth-order valence-corrected chi connectivity index (χ4v) is 4.47. The lowest BCUT2D eigenvalue weighted by molar-refractivity contribution is 0.242. The van der Waals surface area contributed by atoms with Gasteiger partial charge in [0, 0.05) is 10.4 Å². The summed E-state index contributed by atoms with van der Waals surface area (Å²) in [6, 6.07) is 8.50. The summed E-state index contributed by atoms with van der Waals surface area (Å²) < 4.78 is 0. The molecule has 0 bridgehead atoms. The monoisotopic (exact) mass is 248 g/mol. The minimum absolute atomic E-state index is 0.450. The molecule has 2 fully saturated rings. The van der Waals surface area contributed by atoms with Gasteiger partial charge in [-0.3, -0.25) is 0 Å². The first kappa shape index (κ1) is 11.6. The van der Waals surface area contributed by atoms with Crippen LogP contribution in [0.4, 0.5) is 0 Å². The summed E-state index contributed by atoms with van der Waals surface area (Å²) in [5, 5.41) is 0.986. The van der Waals surface area contributed by atoms with Crippen molar-refractivity contribution in [1.29, 1.82) is 0 Å². The van der Waals surface area contributed by atoms with Gasteiger partial charge in [0.1, 0.15) is 0 Å². The Morgan fingerprint density at radius 2 is 2.06 bits per heavy atom. The van der Waals surface area contributed by atoms with Crippen molar-refractivity contribution in [2.45, 2.75) is 44.9 Å². The van der Waals surface area contributed by atoms with Crippen molar-refractivity contribution in [3.8, 4) is 0 Å². The van der Waals surface area contributed by atoms with E-state index in [4.69, 9.17) is 11.6 Å². The highest BCUT2D eigenvalue weighted by Gasteiger charge is 2.60. The van der Waals surface area contributed by atoms with Crippen LogP contribution in [0.5, 0.6) is 0 Å². The van der Waals surface area contributed by atoms with Crippen LogP contribution in [0.25, 0.3) is 0 Å². The quantitative estimate of drug-likeness (QED) is 0.687. The zero-order valence-corrected chi connectivity index (χ0v) is 11.5. The third-order valence-electron chi connectivity index (χ3n) is 5.08. The molecular weight excluding hydrogens is 228 g/mol. The zero-order chi connectivity index (χ0) is 12.0. The Balaban J connectivity index is 1.93. The third kappa shape index (κ3) is 1.73. The summed E-state index contributed by atoms with van der Waals surface area (Å²) in [7, 11) is 0. The van der Waals surface area contributed by atoms with Gasteiger partial charge in [-0.1, -0.05) is 50.1 Å². The van der Waals surface area contributed by atoms with Gasteiger partial charge < -0.3 is 0 Å². The van der Waals surface area contributed by atoms with Crippen LogP contribution >= 0.6 is 11.6 Å². The first-order valence-electron chi connectivity index (χ1n) is 6.90. The Hall–Kier alpha value is -0.490. The molecule has 0 saturated heterocycles. The van der Waals surface area contributed by atoms with Crippen LogP contribution in [0.3, 0.4) is 0 Å². The fourth-order valence-electron chi connectivity index (χ4n) is 4.14. The lowest BCUT2D eigenvalue weighted by Gasteiger charge is -2.31. The lowest BCUT2D eigenvalue weighted by Crippen LogP contribution is -2.24. The van der Waals surface area contributed by atoms with Gasteiger partial charge in [0.05, 0.1) is 0 Å². The van der Waals surface area contributed by atoms with E-state index < -0.39 is 0 Å². The molecule has 0 spiro atoms. The highest BCUT2D eigenvalue weighted by molar-refractivity contribution is 6.31. The zero-order valence-electron chi connectivity index (χ0n) is 10.7. The van der Waals surface area contributed by atoms with Crippen LogP contribution in [0.15, 0.2) is 24.3 Å². The maximum atomic E-state index is 6.40. The smallest absolute Gasteiger partial charge is 0.0443 e. The highest BCUT2D eigenvalue weighted by atomic mass is 35.5. The number of rotatable bonds is 2. The number of hydrogen-bond acceptors (Lipinski definition) is 0. The largest absolute Gasteiger partial charge is 0.0840 e. The normalized spacial score (nSPS) is 35.8. The van der Waals surface area contributed by atoms with Gasteiger partial charge in [-0.05, 0) is 48.6 Å². The van der Waals surface area contributed by atoms with Crippen LogP contribution < -0.4 is 0 Å². The van der Waals surface area contributed by atoms with Gasteiger partial charge in [0.25, 0.3) is 0 Å². The van der Waals surface area contributed by atoms with E-state index in [1.807, 2.05) is 6.07 Å². The van der Waals surface area contributed by atoms with E-state index in [1.54, 1.807) is 0 Å². The predicted octanol–water partition coefficient (Wildman–Crippen LogP) is 5.05. The summed E-state index contributed by atoms with van der Waals surface area (Å²) >= 11 is 6.40. The number of fused-ring (bicyclic) bond motifs is 1. The van der Waals surface area contributed by atoms with Gasteiger partial charge in [0.15, 0.2) is 0 Å². The van der Waals surface area contributed by atoms with E-state index in [0.29, 0.717) is 5.41 Å².